The predicted molar refractivity (Wildman–Crippen MR) is 205 cm³/mol. The number of fused-ring (bicyclic) bond motifs is 2. The smallest absolute Gasteiger partial charge is 0.252 e. The molecule has 5 aromatic carbocycles. The number of aryl methyl sites for hydroxylation is 1. The van der Waals surface area contributed by atoms with Gasteiger partial charge in [0.1, 0.15) is 11.5 Å². The summed E-state index contributed by atoms with van der Waals surface area (Å²) in [6.45, 7) is 20.0. The van der Waals surface area contributed by atoms with E-state index in [2.05, 4.69) is 164 Å². The van der Waals surface area contributed by atoms with E-state index in [4.69, 9.17) is 16.3 Å². The molecule has 0 bridgehead atoms. The number of nitrogens with zero attached hydrogens (tertiary/aromatic N) is 1. The zero-order chi connectivity index (χ0) is 33.6. The lowest BCUT2D eigenvalue weighted by atomic mass is 9.35. The number of hydrogen-bond donors (Lipinski definition) is 0. The van der Waals surface area contributed by atoms with Crippen molar-refractivity contribution in [2.45, 2.75) is 86.0 Å². The fourth-order valence-electron chi connectivity index (χ4n) is 6.69. The molecule has 0 fully saturated rings. The first-order valence-corrected chi connectivity index (χ1v) is 17.6. The van der Waals surface area contributed by atoms with Crippen molar-refractivity contribution in [1.82, 2.24) is 0 Å². The molecular weight excluding hydrogens is 593 g/mol. The van der Waals surface area contributed by atoms with Crippen molar-refractivity contribution in [2.24, 2.45) is 0 Å². The first-order chi connectivity index (χ1) is 22.4. The van der Waals surface area contributed by atoms with Crippen LogP contribution in [0.15, 0.2) is 97.1 Å². The van der Waals surface area contributed by atoms with Gasteiger partial charge < -0.3 is 9.64 Å². The van der Waals surface area contributed by atoms with Gasteiger partial charge in [-0.1, -0.05) is 122 Å². The van der Waals surface area contributed by atoms with Crippen molar-refractivity contribution < 1.29 is 4.74 Å². The molecule has 0 saturated carbocycles. The average molecular weight is 640 g/mol. The monoisotopic (exact) mass is 639 g/mol. The van der Waals surface area contributed by atoms with E-state index in [1.54, 1.807) is 0 Å². The highest BCUT2D eigenvalue weighted by Gasteiger charge is 2.35. The van der Waals surface area contributed by atoms with Crippen molar-refractivity contribution in [3.8, 4) is 11.5 Å². The van der Waals surface area contributed by atoms with E-state index >= 15 is 0 Å². The highest BCUT2D eigenvalue weighted by molar-refractivity contribution is 6.98. The maximum Gasteiger partial charge on any atom is 0.252 e. The molecule has 5 aromatic rings. The molecule has 0 atom stereocenters. The Hall–Kier alpha value is -3.95. The van der Waals surface area contributed by atoms with Crippen LogP contribution in [0.2, 0.25) is 5.02 Å². The molecule has 0 amide bonds. The van der Waals surface area contributed by atoms with Gasteiger partial charge in [-0.25, -0.2) is 0 Å². The maximum atomic E-state index is 7.69. The Morgan fingerprint density at radius 2 is 0.915 bits per heavy atom. The summed E-state index contributed by atoms with van der Waals surface area (Å²) in [5, 5.41) is 0.751. The molecule has 0 saturated heterocycles. The lowest BCUT2D eigenvalue weighted by Crippen LogP contribution is -2.55. The summed E-state index contributed by atoms with van der Waals surface area (Å²) in [6, 6.07) is 35.8. The van der Waals surface area contributed by atoms with E-state index in [0.29, 0.717) is 23.7 Å². The number of halogens is 1. The second-order valence-corrected chi connectivity index (χ2v) is 14.8. The Balaban J connectivity index is 1.57. The number of hydrogen-bond acceptors (Lipinski definition) is 2. The molecule has 240 valence electrons. The fourth-order valence-corrected chi connectivity index (χ4v) is 6.99. The normalized spacial score (nSPS) is 12.5. The molecule has 2 nitrogen and oxygen atoms in total. The van der Waals surface area contributed by atoms with E-state index in [-0.39, 0.29) is 6.71 Å². The van der Waals surface area contributed by atoms with Gasteiger partial charge in [0, 0.05) is 11.4 Å². The lowest BCUT2D eigenvalue weighted by Gasteiger charge is -2.32. The molecule has 0 aromatic heterocycles. The molecular formula is C43H47BClNO. The SMILES string of the molecule is Cc1cc(B2c3ccc(C(C)C)cc3Oc3cc(C(C)C)ccc32)c(Cl)c(N(c2ccc(C(C)C)cc2)c2ccc(C(C)C)cc2)c1. The van der Waals surface area contributed by atoms with Gasteiger partial charge in [0.05, 0.1) is 10.7 Å². The van der Waals surface area contributed by atoms with E-state index < -0.39 is 0 Å². The molecule has 0 radical (unpaired) electrons. The highest BCUT2D eigenvalue weighted by atomic mass is 35.5. The Bertz CT molecular complexity index is 1780. The van der Waals surface area contributed by atoms with Gasteiger partial charge in [0.15, 0.2) is 0 Å². The molecule has 4 heteroatoms. The second-order valence-electron chi connectivity index (χ2n) is 14.5. The van der Waals surface area contributed by atoms with Crippen LogP contribution < -0.4 is 26.0 Å². The topological polar surface area (TPSA) is 12.5 Å². The first-order valence-electron chi connectivity index (χ1n) is 17.2. The third-order valence-electron chi connectivity index (χ3n) is 9.66. The summed E-state index contributed by atoms with van der Waals surface area (Å²) < 4.78 is 6.70. The molecule has 0 aliphatic carbocycles. The minimum absolute atomic E-state index is 0.0733. The molecule has 47 heavy (non-hydrogen) atoms. The zero-order valence-electron chi connectivity index (χ0n) is 29.4. The van der Waals surface area contributed by atoms with Crippen LogP contribution in [-0.4, -0.2) is 6.71 Å². The van der Waals surface area contributed by atoms with Gasteiger partial charge in [-0.2, -0.15) is 0 Å². The lowest BCUT2D eigenvalue weighted by molar-refractivity contribution is 0.485. The van der Waals surface area contributed by atoms with Gasteiger partial charge in [0.2, 0.25) is 0 Å². The van der Waals surface area contributed by atoms with E-state index in [9.17, 15) is 0 Å². The Morgan fingerprint density at radius 1 is 0.511 bits per heavy atom. The van der Waals surface area contributed by atoms with E-state index in [1.165, 1.54) is 22.3 Å². The summed E-state index contributed by atoms with van der Waals surface area (Å²) in [7, 11) is 0. The van der Waals surface area contributed by atoms with Crippen molar-refractivity contribution in [3.05, 3.63) is 130 Å². The molecule has 0 spiro atoms. The Labute approximate surface area is 287 Å². The number of anilines is 3. The largest absolute Gasteiger partial charge is 0.458 e. The van der Waals surface area contributed by atoms with Gasteiger partial charge in [-0.15, -0.1) is 0 Å². The number of ether oxygens (including phenoxy) is 1. The summed E-state index contributed by atoms with van der Waals surface area (Å²) in [4.78, 5) is 2.32. The van der Waals surface area contributed by atoms with Crippen molar-refractivity contribution in [2.75, 3.05) is 4.90 Å². The van der Waals surface area contributed by atoms with Gasteiger partial charge in [-0.3, -0.25) is 0 Å². The zero-order valence-corrected chi connectivity index (χ0v) is 30.1. The van der Waals surface area contributed by atoms with Gasteiger partial charge in [-0.05, 0) is 117 Å². The van der Waals surface area contributed by atoms with Crippen LogP contribution in [0.4, 0.5) is 17.1 Å². The van der Waals surface area contributed by atoms with Crippen molar-refractivity contribution in [1.29, 1.82) is 0 Å². The molecule has 1 aliphatic rings. The quantitative estimate of drug-likeness (QED) is 0.154. The molecule has 0 N–H and O–H groups in total. The highest BCUT2D eigenvalue weighted by Crippen LogP contribution is 2.40. The number of rotatable bonds is 8. The third kappa shape index (κ3) is 6.48. The average Bonchev–Trinajstić information content (AvgIpc) is 3.05. The summed E-state index contributed by atoms with van der Waals surface area (Å²) in [6.07, 6.45) is 0. The minimum atomic E-state index is -0.0733. The van der Waals surface area contributed by atoms with Crippen LogP contribution in [0, 0.1) is 6.92 Å². The first kappa shape index (κ1) is 33.0. The van der Waals surface area contributed by atoms with E-state index in [1.807, 2.05) is 0 Å². The van der Waals surface area contributed by atoms with Gasteiger partial charge in [0.25, 0.3) is 6.71 Å². The second kappa shape index (κ2) is 13.3. The van der Waals surface area contributed by atoms with Crippen molar-refractivity contribution in [3.63, 3.8) is 0 Å². The maximum absolute atomic E-state index is 7.69. The molecule has 1 heterocycles. The van der Waals surface area contributed by atoms with E-state index in [0.717, 1.165) is 55.5 Å². The van der Waals surface area contributed by atoms with Crippen molar-refractivity contribution >= 4 is 51.8 Å². The predicted octanol–water partition coefficient (Wildman–Crippen LogP) is 11.2. The minimum Gasteiger partial charge on any atom is -0.458 e. The standard InChI is InChI=1S/C43H47BClNO/c1-26(2)31-10-16-35(17-11-31)46(36-18-12-32(13-19-36)27(3)4)40-23-30(9)22-39(43(40)45)44-37-20-14-33(28(5)6)24-41(37)47-42-25-34(29(7)8)15-21-38(42)44/h10-29H,1-9H3. The van der Waals surface area contributed by atoms with Crippen LogP contribution in [0.25, 0.3) is 0 Å². The molecule has 6 rings (SSSR count). The summed E-state index contributed by atoms with van der Waals surface area (Å²) in [5.41, 5.74) is 12.8. The summed E-state index contributed by atoms with van der Waals surface area (Å²) in [5.74, 6) is 3.55. The van der Waals surface area contributed by atoms with Crippen LogP contribution in [0.3, 0.4) is 0 Å². The Morgan fingerprint density at radius 3 is 1.32 bits per heavy atom. The third-order valence-corrected chi connectivity index (χ3v) is 10.1. The molecule has 1 aliphatic heterocycles. The van der Waals surface area contributed by atoms with Gasteiger partial charge >= 0.3 is 0 Å². The Kier molecular flexibility index (Phi) is 9.32. The number of benzene rings is 5. The van der Waals surface area contributed by atoms with Crippen LogP contribution >= 0.6 is 11.6 Å². The van der Waals surface area contributed by atoms with Crippen LogP contribution in [0.5, 0.6) is 11.5 Å². The molecule has 0 unspecified atom stereocenters. The fraction of sp³-hybridized carbons (Fsp3) is 0.302. The summed E-state index contributed by atoms with van der Waals surface area (Å²) >= 11 is 7.69. The van der Waals surface area contributed by atoms with Crippen LogP contribution in [-0.2, 0) is 0 Å². The van der Waals surface area contributed by atoms with Crippen LogP contribution in [0.1, 0.15) is 107 Å².